The van der Waals surface area contributed by atoms with Crippen LogP contribution in [0.2, 0.25) is 10.0 Å². The van der Waals surface area contributed by atoms with Crippen LogP contribution in [0.3, 0.4) is 0 Å². The zero-order chi connectivity index (χ0) is 15.4. The fraction of sp³-hybridized carbons (Fsp3) is 0.0714. The smallest absolute Gasteiger partial charge is 0.288 e. The van der Waals surface area contributed by atoms with Crippen molar-refractivity contribution >= 4 is 46.6 Å². The zero-order valence-electron chi connectivity index (χ0n) is 10.4. The topological polar surface area (TPSA) is 29.1 Å². The van der Waals surface area contributed by atoms with E-state index in [1.807, 2.05) is 0 Å². The minimum Gasteiger partial charge on any atom is -0.322 e. The van der Waals surface area contributed by atoms with Gasteiger partial charge in [-0.3, -0.25) is 4.79 Å². The summed E-state index contributed by atoms with van der Waals surface area (Å²) in [7, 11) is 0. The Hall–Kier alpha value is -1.30. The molecule has 0 saturated heterocycles. The normalized spacial score (nSPS) is 10.7. The van der Waals surface area contributed by atoms with E-state index >= 15 is 0 Å². The molecule has 1 N–H and O–H groups in total. The molecule has 0 unspecified atom stereocenters. The Kier molecular flexibility index (Phi) is 5.45. The highest BCUT2D eigenvalue weighted by molar-refractivity contribution is 7.99. The number of hydrogen-bond donors (Lipinski definition) is 1. The van der Waals surface area contributed by atoms with Crippen LogP contribution in [0.25, 0.3) is 0 Å². The molecular formula is C14H9Cl2F2NOS. The van der Waals surface area contributed by atoms with Gasteiger partial charge in [0.25, 0.3) is 11.7 Å². The van der Waals surface area contributed by atoms with Crippen molar-refractivity contribution in [2.24, 2.45) is 0 Å². The van der Waals surface area contributed by atoms with Crippen molar-refractivity contribution in [3.05, 3.63) is 58.1 Å². The average molecular weight is 348 g/mol. The molecule has 21 heavy (non-hydrogen) atoms. The van der Waals surface area contributed by atoms with E-state index in [0.717, 1.165) is 0 Å². The molecule has 0 aliphatic rings. The summed E-state index contributed by atoms with van der Waals surface area (Å²) in [6.07, 6.45) is 0. The number of alkyl halides is 2. The summed E-state index contributed by atoms with van der Waals surface area (Å²) < 4.78 is 25.0. The Morgan fingerprint density at radius 1 is 1.10 bits per heavy atom. The van der Waals surface area contributed by atoms with Gasteiger partial charge in [-0.1, -0.05) is 47.1 Å². The molecule has 0 radical (unpaired) electrons. The predicted octanol–water partition coefficient (Wildman–Crippen LogP) is 5.56. The highest BCUT2D eigenvalue weighted by atomic mass is 35.5. The largest absolute Gasteiger partial charge is 0.322 e. The maximum atomic E-state index is 12.5. The van der Waals surface area contributed by atoms with Crippen LogP contribution in [0.4, 0.5) is 14.5 Å². The monoisotopic (exact) mass is 347 g/mol. The number of nitrogens with one attached hydrogen (secondary N) is 1. The second-order valence-electron chi connectivity index (χ2n) is 3.96. The van der Waals surface area contributed by atoms with E-state index < -0.39 is 11.7 Å². The summed E-state index contributed by atoms with van der Waals surface area (Å²) >= 11 is 12.0. The predicted molar refractivity (Wildman–Crippen MR) is 82.7 cm³/mol. The van der Waals surface area contributed by atoms with Crippen LogP contribution in [0.15, 0.2) is 47.4 Å². The first kappa shape index (κ1) is 16.1. The van der Waals surface area contributed by atoms with Gasteiger partial charge in [-0.2, -0.15) is 8.78 Å². The van der Waals surface area contributed by atoms with Crippen LogP contribution in [-0.4, -0.2) is 11.7 Å². The highest BCUT2D eigenvalue weighted by Crippen LogP contribution is 2.29. The fourth-order valence-corrected chi connectivity index (χ4v) is 2.56. The molecule has 0 aliphatic carbocycles. The van der Waals surface area contributed by atoms with Crippen LogP contribution < -0.4 is 5.32 Å². The van der Waals surface area contributed by atoms with E-state index in [-0.39, 0.29) is 10.5 Å². The Morgan fingerprint density at radius 2 is 1.81 bits per heavy atom. The molecule has 0 aliphatic heterocycles. The Bertz CT molecular complexity index is 667. The number of benzene rings is 2. The molecule has 7 heteroatoms. The molecular weight excluding hydrogens is 339 g/mol. The van der Waals surface area contributed by atoms with Crippen molar-refractivity contribution in [1.82, 2.24) is 0 Å². The van der Waals surface area contributed by atoms with Crippen LogP contribution >= 0.6 is 35.0 Å². The Balaban J connectivity index is 2.22. The third kappa shape index (κ3) is 4.33. The molecule has 1 amide bonds. The summed E-state index contributed by atoms with van der Waals surface area (Å²) in [5, 5.41) is 3.26. The van der Waals surface area contributed by atoms with Crippen molar-refractivity contribution < 1.29 is 13.6 Å². The minimum absolute atomic E-state index is 0.175. The van der Waals surface area contributed by atoms with E-state index in [1.165, 1.54) is 18.2 Å². The fourth-order valence-electron chi connectivity index (χ4n) is 1.63. The molecule has 2 nitrogen and oxygen atoms in total. The van der Waals surface area contributed by atoms with Gasteiger partial charge in [0.1, 0.15) is 0 Å². The highest BCUT2D eigenvalue weighted by Gasteiger charge is 2.15. The SMILES string of the molecule is O=C(Nc1ccc(Cl)c(Cl)c1)c1ccccc1SC(F)F. The number of thioether (sulfide) groups is 1. The van der Waals surface area contributed by atoms with Crippen molar-refractivity contribution in [3.63, 3.8) is 0 Å². The first-order valence-corrected chi connectivity index (χ1v) is 7.41. The molecule has 110 valence electrons. The maximum absolute atomic E-state index is 12.5. The van der Waals surface area contributed by atoms with E-state index in [1.54, 1.807) is 24.3 Å². The number of halogens is 4. The lowest BCUT2D eigenvalue weighted by atomic mass is 10.2. The molecule has 0 bridgehead atoms. The van der Waals surface area contributed by atoms with E-state index in [4.69, 9.17) is 23.2 Å². The van der Waals surface area contributed by atoms with E-state index in [0.29, 0.717) is 27.5 Å². The quantitative estimate of drug-likeness (QED) is 0.733. The third-order valence-corrected chi connectivity index (χ3v) is 4.05. The van der Waals surface area contributed by atoms with Crippen molar-refractivity contribution in [2.45, 2.75) is 10.7 Å². The molecule has 0 heterocycles. The second-order valence-corrected chi connectivity index (χ2v) is 5.80. The van der Waals surface area contributed by atoms with Crippen molar-refractivity contribution in [1.29, 1.82) is 0 Å². The molecule has 0 spiro atoms. The minimum atomic E-state index is -2.59. The van der Waals surface area contributed by atoms with E-state index in [9.17, 15) is 13.6 Å². The number of carbonyl (C=O) groups excluding carboxylic acids is 1. The molecule has 2 aromatic rings. The molecule has 0 saturated carbocycles. The first-order chi connectivity index (χ1) is 9.97. The van der Waals surface area contributed by atoms with Gasteiger partial charge in [-0.15, -0.1) is 0 Å². The number of amides is 1. The Labute approximate surface area is 134 Å². The summed E-state index contributed by atoms with van der Waals surface area (Å²) in [5.41, 5.74) is 0.611. The molecule has 0 aromatic heterocycles. The molecule has 2 aromatic carbocycles. The van der Waals surface area contributed by atoms with Crippen LogP contribution in [0.5, 0.6) is 0 Å². The second kappa shape index (κ2) is 7.11. The number of rotatable bonds is 4. The van der Waals surface area contributed by atoms with Gasteiger partial charge in [0.2, 0.25) is 0 Å². The third-order valence-electron chi connectivity index (χ3n) is 2.53. The molecule has 2 rings (SSSR count). The lowest BCUT2D eigenvalue weighted by molar-refractivity contribution is 0.102. The van der Waals surface area contributed by atoms with Gasteiger partial charge in [0.15, 0.2) is 0 Å². The van der Waals surface area contributed by atoms with Gasteiger partial charge in [-0.05, 0) is 30.3 Å². The number of carbonyl (C=O) groups is 1. The number of hydrogen-bond acceptors (Lipinski definition) is 2. The van der Waals surface area contributed by atoms with Gasteiger partial charge in [0, 0.05) is 10.6 Å². The lowest BCUT2D eigenvalue weighted by Crippen LogP contribution is -2.13. The summed E-state index contributed by atoms with van der Waals surface area (Å²) in [6, 6.07) is 10.8. The van der Waals surface area contributed by atoms with Gasteiger partial charge < -0.3 is 5.32 Å². The van der Waals surface area contributed by atoms with Gasteiger partial charge in [-0.25, -0.2) is 0 Å². The van der Waals surface area contributed by atoms with Crippen LogP contribution in [0.1, 0.15) is 10.4 Å². The van der Waals surface area contributed by atoms with Crippen molar-refractivity contribution in [3.8, 4) is 0 Å². The number of anilines is 1. The van der Waals surface area contributed by atoms with Crippen LogP contribution in [0, 0.1) is 0 Å². The molecule has 0 fully saturated rings. The zero-order valence-corrected chi connectivity index (χ0v) is 12.8. The van der Waals surface area contributed by atoms with E-state index in [2.05, 4.69) is 5.32 Å². The summed E-state index contributed by atoms with van der Waals surface area (Å²) in [4.78, 5) is 12.4. The molecule has 0 atom stereocenters. The van der Waals surface area contributed by atoms with Crippen LogP contribution in [-0.2, 0) is 0 Å². The Morgan fingerprint density at radius 3 is 2.48 bits per heavy atom. The average Bonchev–Trinajstić information content (AvgIpc) is 2.43. The van der Waals surface area contributed by atoms with Gasteiger partial charge in [0.05, 0.1) is 15.6 Å². The summed E-state index contributed by atoms with van der Waals surface area (Å²) in [5.74, 6) is -3.08. The standard InChI is InChI=1S/C14H9Cl2F2NOS/c15-10-6-5-8(7-11(10)16)19-13(20)9-3-1-2-4-12(9)21-14(17)18/h1-7,14H,(H,19,20). The lowest BCUT2D eigenvalue weighted by Gasteiger charge is -2.10. The van der Waals surface area contributed by atoms with Gasteiger partial charge >= 0.3 is 0 Å². The van der Waals surface area contributed by atoms with Crippen molar-refractivity contribution in [2.75, 3.05) is 5.32 Å². The first-order valence-electron chi connectivity index (χ1n) is 5.77. The maximum Gasteiger partial charge on any atom is 0.288 e. The summed E-state index contributed by atoms with van der Waals surface area (Å²) in [6.45, 7) is 0.